The first-order valence-electron chi connectivity index (χ1n) is 17.1. The van der Waals surface area contributed by atoms with Gasteiger partial charge in [-0.1, -0.05) is 178 Å². The molecule has 256 valence electrons. The summed E-state index contributed by atoms with van der Waals surface area (Å²) in [6.45, 7) is 4.42. The predicted molar refractivity (Wildman–Crippen MR) is 224 cm³/mol. The van der Waals surface area contributed by atoms with E-state index in [1.165, 1.54) is 32.8 Å². The van der Waals surface area contributed by atoms with Crippen molar-refractivity contribution in [1.29, 1.82) is 0 Å². The summed E-state index contributed by atoms with van der Waals surface area (Å²) in [6, 6.07) is 64.1. The van der Waals surface area contributed by atoms with Crippen molar-refractivity contribution < 1.29 is 13.1 Å². The van der Waals surface area contributed by atoms with Crippen molar-refractivity contribution in [1.82, 2.24) is 4.98 Å². The van der Waals surface area contributed by atoms with Gasteiger partial charge in [0.05, 0.1) is 34.2 Å². The van der Waals surface area contributed by atoms with Crippen LogP contribution in [0.15, 0.2) is 192 Å². The Morgan fingerprint density at radius 1 is 0.404 bits per heavy atom. The van der Waals surface area contributed by atoms with Crippen molar-refractivity contribution in [2.45, 2.75) is 13.8 Å². The molecular formula is C44H37B2Cl2FeN3. The van der Waals surface area contributed by atoms with Crippen molar-refractivity contribution in [3.8, 4) is 0 Å². The molecule has 0 saturated carbocycles. The molecular weight excluding hydrogens is 719 g/mol. The molecule has 3 nitrogen and oxygen atoms in total. The van der Waals surface area contributed by atoms with Gasteiger partial charge in [-0.2, -0.15) is 0 Å². The van der Waals surface area contributed by atoms with Gasteiger partial charge in [-0.25, -0.2) is 0 Å². The van der Waals surface area contributed by atoms with Gasteiger partial charge in [0.1, 0.15) is 0 Å². The van der Waals surface area contributed by atoms with Crippen LogP contribution in [0.2, 0.25) is 0 Å². The normalized spacial score (nSPS) is 11.5. The van der Waals surface area contributed by atoms with Crippen LogP contribution in [-0.2, 0) is 13.1 Å². The molecule has 8 heteroatoms. The van der Waals surface area contributed by atoms with E-state index in [-0.39, 0.29) is 26.6 Å². The molecule has 0 atom stereocenters. The molecule has 0 aliphatic carbocycles. The number of aromatic amines is 1. The summed E-state index contributed by atoms with van der Waals surface area (Å²) < 4.78 is 0. The Kier molecular flexibility index (Phi) is 13.2. The van der Waals surface area contributed by atoms with Crippen LogP contribution in [0.4, 0.5) is 11.4 Å². The summed E-state index contributed by atoms with van der Waals surface area (Å²) >= 11 is 0.194. The Morgan fingerprint density at radius 2 is 0.654 bits per heavy atom. The number of halogens is 2. The zero-order valence-electron chi connectivity index (χ0n) is 29.0. The fraction of sp³-hybridized carbons (Fsp3) is 0.0455. The number of aliphatic imine (C=N–C) groups is 2. The first-order chi connectivity index (χ1) is 25.5. The fourth-order valence-corrected chi connectivity index (χ4v) is 6.54. The fourth-order valence-electron chi connectivity index (χ4n) is 6.54. The van der Waals surface area contributed by atoms with Crippen molar-refractivity contribution in [2.75, 3.05) is 0 Å². The zero-order valence-corrected chi connectivity index (χ0v) is 31.6. The third-order valence-corrected chi connectivity index (χ3v) is 9.04. The summed E-state index contributed by atoms with van der Waals surface area (Å²) in [7, 11) is 9.53. The van der Waals surface area contributed by atoms with Crippen molar-refractivity contribution in [3.05, 3.63) is 193 Å². The van der Waals surface area contributed by atoms with Gasteiger partial charge < -0.3 is 4.98 Å². The van der Waals surface area contributed by atoms with Crippen LogP contribution in [0.3, 0.4) is 0 Å². The average molecular weight is 756 g/mol. The Morgan fingerprint density at radius 3 is 0.923 bits per heavy atom. The molecule has 0 aliphatic heterocycles. The molecule has 52 heavy (non-hydrogen) atoms. The molecule has 0 bridgehead atoms. The van der Waals surface area contributed by atoms with Gasteiger partial charge in [0.2, 0.25) is 13.4 Å². The van der Waals surface area contributed by atoms with Crippen LogP contribution in [0.25, 0.3) is 0 Å². The Labute approximate surface area is 322 Å². The Balaban J connectivity index is 0.00000150. The summed E-state index contributed by atoms with van der Waals surface area (Å²) in [5, 5.41) is 0. The molecule has 7 aromatic rings. The van der Waals surface area contributed by atoms with Gasteiger partial charge in [0, 0.05) is 0 Å². The quantitative estimate of drug-likeness (QED) is 0.110. The molecule has 0 aliphatic rings. The van der Waals surface area contributed by atoms with Gasteiger partial charge in [-0.3, -0.25) is 9.98 Å². The molecule has 6 aromatic carbocycles. The summed E-state index contributed by atoms with van der Waals surface area (Å²) in [5.74, 6) is 0. The first kappa shape index (κ1) is 36.9. The summed E-state index contributed by atoms with van der Waals surface area (Å²) in [4.78, 5) is 13.4. The summed E-state index contributed by atoms with van der Waals surface area (Å²) in [6.07, 6.45) is 0. The van der Waals surface area contributed by atoms with Crippen LogP contribution in [-0.4, -0.2) is 29.8 Å². The second-order valence-corrected chi connectivity index (χ2v) is 14.2. The van der Waals surface area contributed by atoms with Crippen LogP contribution in [0.1, 0.15) is 25.2 Å². The van der Waals surface area contributed by atoms with E-state index in [0.717, 1.165) is 34.2 Å². The number of aromatic nitrogens is 1. The molecule has 0 saturated heterocycles. The van der Waals surface area contributed by atoms with E-state index in [1.54, 1.807) is 0 Å². The third kappa shape index (κ3) is 9.53. The molecule has 1 N–H and O–H groups in total. The van der Waals surface area contributed by atoms with Crippen LogP contribution < -0.4 is 32.8 Å². The topological polar surface area (TPSA) is 40.5 Å². The van der Waals surface area contributed by atoms with Gasteiger partial charge in [0.15, 0.2) is 0 Å². The van der Waals surface area contributed by atoms with Gasteiger partial charge in [0.25, 0.3) is 0 Å². The minimum atomic E-state index is 0.167. The zero-order chi connectivity index (χ0) is 36.1. The second-order valence-electron chi connectivity index (χ2n) is 12.4. The van der Waals surface area contributed by atoms with Gasteiger partial charge in [-0.05, 0) is 50.2 Å². The molecule has 0 amide bonds. The number of H-pyrrole nitrogens is 1. The van der Waals surface area contributed by atoms with E-state index in [2.05, 4.69) is 187 Å². The third-order valence-electron chi connectivity index (χ3n) is 9.04. The standard InChI is InChI=1S/C44H37B2N3.2ClH.Fe/c1-33(47-41-27-23-39(24-28-41)45(35-15-7-3-8-16-35)36-17-9-4-10-18-36)43-31-32-44(49-43)34(2)48-42-29-25-40(26-30-42)46(37-19-11-5-12-20-37)38-21-13-6-14-22-38;;;/h3-32,49H,1-2H3;2*1H;/q;;;+2/p-2. The number of benzene rings is 6. The van der Waals surface area contributed by atoms with E-state index in [9.17, 15) is 0 Å². The predicted octanol–water partition coefficient (Wildman–Crippen LogP) is 7.71. The maximum atomic E-state index is 4.95. The molecule has 0 unspecified atom stereocenters. The first-order valence-corrected chi connectivity index (χ1v) is 20.1. The molecule has 1 heterocycles. The SMILES string of the molecule is CC(=Nc1ccc(B(c2ccccc2)c2ccccc2)cc1)c1ccc(C(C)=Nc2ccc(B(c3ccccc3)c3ccccc3)cc2)[nH]1.[Cl][Fe][Cl]. The van der Waals surface area contributed by atoms with E-state index < -0.39 is 0 Å². The van der Waals surface area contributed by atoms with E-state index >= 15 is 0 Å². The number of hydrogen-bond acceptors (Lipinski definition) is 2. The van der Waals surface area contributed by atoms with Crippen LogP contribution in [0.5, 0.6) is 0 Å². The van der Waals surface area contributed by atoms with Crippen molar-refractivity contribution in [2.24, 2.45) is 9.98 Å². The Hall–Kier alpha value is -4.83. The average Bonchev–Trinajstić information content (AvgIpc) is 3.70. The molecule has 1 aromatic heterocycles. The minimum absolute atomic E-state index is 0.167. The van der Waals surface area contributed by atoms with Crippen LogP contribution >= 0.6 is 20.2 Å². The number of hydrogen-bond donors (Lipinski definition) is 1. The van der Waals surface area contributed by atoms with E-state index in [4.69, 9.17) is 30.2 Å². The van der Waals surface area contributed by atoms with E-state index in [1.807, 2.05) is 13.8 Å². The van der Waals surface area contributed by atoms with E-state index in [0.29, 0.717) is 0 Å². The summed E-state index contributed by atoms with van der Waals surface area (Å²) in [5.41, 5.74) is 13.2. The molecule has 7 rings (SSSR count). The van der Waals surface area contributed by atoms with Crippen molar-refractivity contribution in [3.63, 3.8) is 0 Å². The monoisotopic (exact) mass is 755 g/mol. The van der Waals surface area contributed by atoms with Crippen LogP contribution in [0, 0.1) is 0 Å². The van der Waals surface area contributed by atoms with Crippen molar-refractivity contribution >= 4 is 89.2 Å². The molecule has 0 radical (unpaired) electrons. The molecule has 0 fully saturated rings. The Bertz CT molecular complexity index is 1960. The molecule has 0 spiro atoms. The number of nitrogens with zero attached hydrogens (tertiary/aromatic N) is 2. The number of rotatable bonds is 10. The maximum absolute atomic E-state index is 4.95. The second kappa shape index (κ2) is 18.6. The van der Waals surface area contributed by atoms with Gasteiger partial charge in [-0.15, -0.1) is 0 Å². The van der Waals surface area contributed by atoms with Gasteiger partial charge >= 0.3 is 33.3 Å². The number of nitrogens with one attached hydrogen (secondary N) is 1.